The lowest BCUT2D eigenvalue weighted by Gasteiger charge is -2.18. The summed E-state index contributed by atoms with van der Waals surface area (Å²) in [6.45, 7) is 5.89. The summed E-state index contributed by atoms with van der Waals surface area (Å²) < 4.78 is 0. The zero-order chi connectivity index (χ0) is 12.8. The van der Waals surface area contributed by atoms with Crippen molar-refractivity contribution >= 4 is 5.69 Å². The third-order valence-electron chi connectivity index (χ3n) is 3.59. The van der Waals surface area contributed by atoms with E-state index in [0.29, 0.717) is 6.54 Å². The average Bonchev–Trinajstić information content (AvgIpc) is 2.93. The van der Waals surface area contributed by atoms with Crippen LogP contribution in [0.25, 0.3) is 0 Å². The first-order valence-electron chi connectivity index (χ1n) is 7.02. The van der Waals surface area contributed by atoms with Crippen molar-refractivity contribution in [3.05, 3.63) is 29.8 Å². The number of aliphatic hydroxyl groups is 1. The van der Waals surface area contributed by atoms with E-state index in [2.05, 4.69) is 34.5 Å². The summed E-state index contributed by atoms with van der Waals surface area (Å²) >= 11 is 0. The normalized spacial score (nSPS) is 17.1. The fraction of sp³-hybridized carbons (Fsp3) is 0.600. The predicted octanol–water partition coefficient (Wildman–Crippen LogP) is 2.15. The minimum Gasteiger partial charge on any atom is -0.392 e. The Bertz CT molecular complexity index is 344. The molecule has 0 saturated carbocycles. The number of hydrogen-bond donors (Lipinski definition) is 2. The number of anilines is 1. The molecule has 2 rings (SSSR count). The minimum absolute atomic E-state index is 0.228. The molecule has 1 heterocycles. The van der Waals surface area contributed by atoms with Crippen molar-refractivity contribution in [1.82, 2.24) is 5.32 Å². The van der Waals surface area contributed by atoms with E-state index in [9.17, 15) is 5.11 Å². The Morgan fingerprint density at radius 2 is 1.89 bits per heavy atom. The van der Waals surface area contributed by atoms with Crippen LogP contribution in [0.3, 0.4) is 0 Å². The maximum absolute atomic E-state index is 9.45. The standard InChI is InChI=1S/C15H24N2O/c1-2-15(18)12-16-11-13-5-7-14(8-6-13)17-9-3-4-10-17/h5-8,15-16,18H,2-4,9-12H2,1H3. The fourth-order valence-corrected chi connectivity index (χ4v) is 2.33. The molecule has 2 N–H and O–H groups in total. The van der Waals surface area contributed by atoms with Gasteiger partial charge in [-0.05, 0) is 37.0 Å². The van der Waals surface area contributed by atoms with Crippen molar-refractivity contribution in [2.45, 2.75) is 38.8 Å². The second-order valence-corrected chi connectivity index (χ2v) is 5.05. The zero-order valence-corrected chi connectivity index (χ0v) is 11.2. The van der Waals surface area contributed by atoms with Crippen LogP contribution in [0, 0.1) is 0 Å². The van der Waals surface area contributed by atoms with Gasteiger partial charge in [-0.15, -0.1) is 0 Å². The summed E-state index contributed by atoms with van der Waals surface area (Å²) in [7, 11) is 0. The summed E-state index contributed by atoms with van der Waals surface area (Å²) in [6.07, 6.45) is 3.21. The minimum atomic E-state index is -0.228. The molecule has 3 nitrogen and oxygen atoms in total. The second kappa shape index (κ2) is 6.76. The molecule has 1 aliphatic rings. The number of hydrogen-bond acceptors (Lipinski definition) is 3. The largest absolute Gasteiger partial charge is 0.392 e. The van der Waals surface area contributed by atoms with Gasteiger partial charge in [-0.2, -0.15) is 0 Å². The van der Waals surface area contributed by atoms with Gasteiger partial charge >= 0.3 is 0 Å². The molecule has 1 atom stereocenters. The van der Waals surface area contributed by atoms with E-state index < -0.39 is 0 Å². The van der Waals surface area contributed by atoms with Gasteiger partial charge in [0.25, 0.3) is 0 Å². The average molecular weight is 248 g/mol. The lowest BCUT2D eigenvalue weighted by molar-refractivity contribution is 0.167. The van der Waals surface area contributed by atoms with E-state index in [1.165, 1.54) is 37.2 Å². The van der Waals surface area contributed by atoms with E-state index in [1.807, 2.05) is 6.92 Å². The van der Waals surface area contributed by atoms with Crippen LogP contribution < -0.4 is 10.2 Å². The summed E-state index contributed by atoms with van der Waals surface area (Å²) in [5, 5.41) is 12.7. The lowest BCUT2D eigenvalue weighted by Crippen LogP contribution is -2.25. The number of nitrogens with one attached hydrogen (secondary N) is 1. The first kappa shape index (κ1) is 13.4. The van der Waals surface area contributed by atoms with Crippen LogP contribution in [-0.2, 0) is 6.54 Å². The highest BCUT2D eigenvalue weighted by Gasteiger charge is 2.11. The van der Waals surface area contributed by atoms with Crippen LogP contribution in [0.1, 0.15) is 31.7 Å². The molecule has 0 bridgehead atoms. The SMILES string of the molecule is CCC(O)CNCc1ccc(N2CCCC2)cc1. The molecule has 100 valence electrons. The molecule has 0 spiro atoms. The Balaban J connectivity index is 1.80. The first-order valence-corrected chi connectivity index (χ1v) is 7.02. The van der Waals surface area contributed by atoms with Crippen molar-refractivity contribution in [3.8, 4) is 0 Å². The highest BCUT2D eigenvalue weighted by Crippen LogP contribution is 2.20. The number of aliphatic hydroxyl groups excluding tert-OH is 1. The Labute approximate surface area is 110 Å². The smallest absolute Gasteiger partial charge is 0.0662 e. The number of nitrogens with zero attached hydrogens (tertiary/aromatic N) is 1. The summed E-state index contributed by atoms with van der Waals surface area (Å²) in [6, 6.07) is 8.77. The molecule has 0 amide bonds. The van der Waals surface area contributed by atoms with Gasteiger partial charge in [-0.3, -0.25) is 0 Å². The molecule has 1 fully saturated rings. The van der Waals surface area contributed by atoms with Gasteiger partial charge in [-0.1, -0.05) is 19.1 Å². The second-order valence-electron chi connectivity index (χ2n) is 5.05. The molecule has 1 aliphatic heterocycles. The van der Waals surface area contributed by atoms with E-state index in [0.717, 1.165) is 13.0 Å². The monoisotopic (exact) mass is 248 g/mol. The quantitative estimate of drug-likeness (QED) is 0.809. The maximum atomic E-state index is 9.45. The zero-order valence-electron chi connectivity index (χ0n) is 11.2. The van der Waals surface area contributed by atoms with Crippen LogP contribution in [0.2, 0.25) is 0 Å². The van der Waals surface area contributed by atoms with Crippen molar-refractivity contribution in [2.24, 2.45) is 0 Å². The van der Waals surface area contributed by atoms with Gasteiger partial charge in [0.1, 0.15) is 0 Å². The number of rotatable bonds is 6. The van der Waals surface area contributed by atoms with Crippen molar-refractivity contribution in [1.29, 1.82) is 0 Å². The number of benzene rings is 1. The topological polar surface area (TPSA) is 35.5 Å². The lowest BCUT2D eigenvalue weighted by atomic mass is 10.2. The Hall–Kier alpha value is -1.06. The van der Waals surface area contributed by atoms with Gasteiger partial charge in [0.15, 0.2) is 0 Å². The summed E-state index contributed by atoms with van der Waals surface area (Å²) in [5.74, 6) is 0. The molecule has 0 radical (unpaired) electrons. The van der Waals surface area contributed by atoms with E-state index in [4.69, 9.17) is 0 Å². The van der Waals surface area contributed by atoms with Gasteiger partial charge in [0, 0.05) is 31.9 Å². The van der Waals surface area contributed by atoms with Crippen molar-refractivity contribution in [2.75, 3.05) is 24.5 Å². The molecular formula is C15H24N2O. The molecule has 3 heteroatoms. The molecule has 1 saturated heterocycles. The van der Waals surface area contributed by atoms with E-state index in [-0.39, 0.29) is 6.10 Å². The Morgan fingerprint density at radius 1 is 1.22 bits per heavy atom. The third kappa shape index (κ3) is 3.72. The van der Waals surface area contributed by atoms with E-state index in [1.54, 1.807) is 0 Å². The Morgan fingerprint density at radius 3 is 2.50 bits per heavy atom. The highest BCUT2D eigenvalue weighted by atomic mass is 16.3. The van der Waals surface area contributed by atoms with Gasteiger partial charge in [-0.25, -0.2) is 0 Å². The van der Waals surface area contributed by atoms with E-state index >= 15 is 0 Å². The van der Waals surface area contributed by atoms with Gasteiger partial charge < -0.3 is 15.3 Å². The molecule has 1 aromatic rings. The van der Waals surface area contributed by atoms with Crippen LogP contribution in [-0.4, -0.2) is 30.8 Å². The fourth-order valence-electron chi connectivity index (χ4n) is 2.33. The van der Waals surface area contributed by atoms with Crippen LogP contribution >= 0.6 is 0 Å². The maximum Gasteiger partial charge on any atom is 0.0662 e. The molecule has 0 aromatic heterocycles. The molecule has 1 aromatic carbocycles. The summed E-state index contributed by atoms with van der Waals surface area (Å²) in [4.78, 5) is 2.44. The highest BCUT2D eigenvalue weighted by molar-refractivity contribution is 5.48. The van der Waals surface area contributed by atoms with Gasteiger partial charge in [0.2, 0.25) is 0 Å². The van der Waals surface area contributed by atoms with Gasteiger partial charge in [0.05, 0.1) is 6.10 Å². The Kier molecular flexibility index (Phi) is 5.02. The first-order chi connectivity index (χ1) is 8.79. The van der Waals surface area contributed by atoms with Crippen LogP contribution in [0.15, 0.2) is 24.3 Å². The van der Waals surface area contributed by atoms with Crippen LogP contribution in [0.5, 0.6) is 0 Å². The molecule has 1 unspecified atom stereocenters. The predicted molar refractivity (Wildman–Crippen MR) is 75.9 cm³/mol. The van der Waals surface area contributed by atoms with Crippen LogP contribution in [0.4, 0.5) is 5.69 Å². The molecule has 18 heavy (non-hydrogen) atoms. The molecule has 0 aliphatic carbocycles. The molecular weight excluding hydrogens is 224 g/mol. The third-order valence-corrected chi connectivity index (χ3v) is 3.59. The van der Waals surface area contributed by atoms with Crippen molar-refractivity contribution in [3.63, 3.8) is 0 Å². The van der Waals surface area contributed by atoms with Crippen molar-refractivity contribution < 1.29 is 5.11 Å². The summed E-state index contributed by atoms with van der Waals surface area (Å²) in [5.41, 5.74) is 2.62.